The molecular weight excluding hydrogens is 298 g/mol. The van der Waals surface area contributed by atoms with Gasteiger partial charge in [-0.3, -0.25) is 4.79 Å². The van der Waals surface area contributed by atoms with Gasteiger partial charge in [-0.05, 0) is 30.2 Å². The monoisotopic (exact) mass is 315 g/mol. The van der Waals surface area contributed by atoms with Gasteiger partial charge in [0, 0.05) is 11.7 Å². The molecule has 22 heavy (non-hydrogen) atoms. The molecule has 3 aromatic rings. The molecule has 3 rings (SSSR count). The molecule has 0 aliphatic carbocycles. The van der Waals surface area contributed by atoms with Gasteiger partial charge in [0.15, 0.2) is 0 Å². The van der Waals surface area contributed by atoms with Crippen LogP contribution in [0.1, 0.15) is 35.4 Å². The molecule has 0 saturated heterocycles. The molecule has 1 amide bonds. The number of fused-ring (bicyclic) bond motifs is 1. The van der Waals surface area contributed by atoms with E-state index in [2.05, 4.69) is 15.5 Å². The molecule has 6 nitrogen and oxygen atoms in total. The van der Waals surface area contributed by atoms with Crippen LogP contribution in [0.4, 0.5) is 5.13 Å². The summed E-state index contributed by atoms with van der Waals surface area (Å²) in [4.78, 5) is 12.6. The third-order valence-electron chi connectivity index (χ3n) is 3.47. The number of carbonyl (C=O) groups is 1. The minimum Gasteiger partial charge on any atom is -0.374 e. The summed E-state index contributed by atoms with van der Waals surface area (Å²) in [6.07, 6.45) is 1.87. The fourth-order valence-corrected chi connectivity index (χ4v) is 3.18. The average molecular weight is 315 g/mol. The van der Waals surface area contributed by atoms with E-state index in [1.807, 2.05) is 54.8 Å². The summed E-state index contributed by atoms with van der Waals surface area (Å²) >= 11 is 1.30. The van der Waals surface area contributed by atoms with Gasteiger partial charge in [-0.15, -0.1) is 10.2 Å². The summed E-state index contributed by atoms with van der Waals surface area (Å²) in [6, 6.07) is 9.32. The summed E-state index contributed by atoms with van der Waals surface area (Å²) in [7, 11) is 0. The molecule has 0 radical (unpaired) electrons. The van der Waals surface area contributed by atoms with E-state index in [1.54, 1.807) is 0 Å². The van der Waals surface area contributed by atoms with Crippen molar-refractivity contribution in [1.82, 2.24) is 19.9 Å². The molecule has 3 heterocycles. The van der Waals surface area contributed by atoms with Gasteiger partial charge in [0.2, 0.25) is 5.13 Å². The Morgan fingerprint density at radius 2 is 2.09 bits per heavy atom. The van der Waals surface area contributed by atoms with Gasteiger partial charge < -0.3 is 15.5 Å². The first-order chi connectivity index (χ1) is 10.6. The largest absolute Gasteiger partial charge is 0.374 e. The quantitative estimate of drug-likeness (QED) is 0.774. The predicted molar refractivity (Wildman–Crippen MR) is 86.8 cm³/mol. The number of nitrogens with two attached hydrogens (primary N) is 1. The summed E-state index contributed by atoms with van der Waals surface area (Å²) in [5.41, 5.74) is 7.22. The zero-order valence-electron chi connectivity index (χ0n) is 12.4. The molecule has 0 bridgehead atoms. The van der Waals surface area contributed by atoms with Crippen LogP contribution < -0.4 is 11.1 Å². The molecule has 0 aliphatic heterocycles. The molecular formula is C15H17N5OS. The van der Waals surface area contributed by atoms with Crippen LogP contribution in [-0.2, 0) is 0 Å². The first-order valence-corrected chi connectivity index (χ1v) is 7.83. The molecule has 0 aliphatic rings. The number of aromatic nitrogens is 3. The normalized spacial score (nSPS) is 12.7. The van der Waals surface area contributed by atoms with Gasteiger partial charge >= 0.3 is 0 Å². The van der Waals surface area contributed by atoms with Gasteiger partial charge in [-0.25, -0.2) is 0 Å². The average Bonchev–Trinajstić information content (AvgIpc) is 3.10. The minimum atomic E-state index is -0.212. The van der Waals surface area contributed by atoms with Crippen molar-refractivity contribution in [2.24, 2.45) is 5.92 Å². The maximum absolute atomic E-state index is 12.6. The number of nitrogen functional groups attached to an aromatic ring is 1. The van der Waals surface area contributed by atoms with E-state index in [1.165, 1.54) is 11.3 Å². The lowest BCUT2D eigenvalue weighted by Gasteiger charge is -2.19. The first-order valence-electron chi connectivity index (χ1n) is 7.02. The molecule has 0 saturated carbocycles. The number of hydrogen-bond acceptors (Lipinski definition) is 5. The lowest BCUT2D eigenvalue weighted by atomic mass is 10.1. The molecule has 3 aromatic heterocycles. The SMILES string of the molecule is CC(C)C(NC(=O)c1ccc2ccccn12)c1nnc(N)s1. The second-order valence-electron chi connectivity index (χ2n) is 5.39. The first kappa shape index (κ1) is 14.5. The number of amides is 1. The van der Waals surface area contributed by atoms with Crippen LogP contribution in [0.5, 0.6) is 0 Å². The number of hydrogen-bond donors (Lipinski definition) is 2. The molecule has 3 N–H and O–H groups in total. The van der Waals surface area contributed by atoms with Crippen LogP contribution in [0.25, 0.3) is 5.52 Å². The number of carbonyl (C=O) groups excluding carboxylic acids is 1. The lowest BCUT2D eigenvalue weighted by molar-refractivity contribution is 0.0919. The molecule has 0 fully saturated rings. The van der Waals surface area contributed by atoms with E-state index in [4.69, 9.17) is 5.73 Å². The number of pyridine rings is 1. The van der Waals surface area contributed by atoms with Gasteiger partial charge in [0.25, 0.3) is 5.91 Å². The van der Waals surface area contributed by atoms with Crippen LogP contribution in [0.2, 0.25) is 0 Å². The third-order valence-corrected chi connectivity index (χ3v) is 4.31. The van der Waals surface area contributed by atoms with E-state index in [0.717, 1.165) is 10.5 Å². The molecule has 1 atom stereocenters. The van der Waals surface area contributed by atoms with Crippen molar-refractivity contribution < 1.29 is 4.79 Å². The Bertz CT molecular complexity index is 807. The summed E-state index contributed by atoms with van der Waals surface area (Å²) in [5, 5.41) is 12.0. The zero-order chi connectivity index (χ0) is 15.7. The molecule has 7 heteroatoms. The Labute approximate surface area is 132 Å². The van der Waals surface area contributed by atoms with E-state index in [0.29, 0.717) is 10.8 Å². The van der Waals surface area contributed by atoms with Gasteiger partial charge in [0.05, 0.1) is 6.04 Å². The second-order valence-corrected chi connectivity index (χ2v) is 6.43. The van der Waals surface area contributed by atoms with Gasteiger partial charge in [0.1, 0.15) is 10.7 Å². The van der Waals surface area contributed by atoms with Crippen LogP contribution in [0.15, 0.2) is 36.5 Å². The Morgan fingerprint density at radius 3 is 2.77 bits per heavy atom. The fraction of sp³-hybridized carbons (Fsp3) is 0.267. The highest BCUT2D eigenvalue weighted by molar-refractivity contribution is 7.15. The van der Waals surface area contributed by atoms with E-state index in [9.17, 15) is 4.79 Å². The van der Waals surface area contributed by atoms with E-state index < -0.39 is 0 Å². The minimum absolute atomic E-state index is 0.140. The molecule has 0 spiro atoms. The molecule has 1 unspecified atom stereocenters. The van der Waals surface area contributed by atoms with Crippen LogP contribution in [0.3, 0.4) is 0 Å². The number of rotatable bonds is 4. The van der Waals surface area contributed by atoms with Crippen molar-refractivity contribution in [2.75, 3.05) is 5.73 Å². The summed E-state index contributed by atoms with van der Waals surface area (Å²) in [6.45, 7) is 4.05. The topological polar surface area (TPSA) is 85.3 Å². The smallest absolute Gasteiger partial charge is 0.268 e. The van der Waals surface area contributed by atoms with Crippen molar-refractivity contribution in [3.05, 3.63) is 47.2 Å². The highest BCUT2D eigenvalue weighted by Gasteiger charge is 2.23. The van der Waals surface area contributed by atoms with Crippen LogP contribution in [0, 0.1) is 5.92 Å². The van der Waals surface area contributed by atoms with Crippen molar-refractivity contribution in [2.45, 2.75) is 19.9 Å². The predicted octanol–water partition coefficient (Wildman–Crippen LogP) is 2.50. The zero-order valence-corrected chi connectivity index (χ0v) is 13.2. The molecule has 114 valence electrons. The molecule has 0 aromatic carbocycles. The third kappa shape index (κ3) is 2.67. The number of anilines is 1. The van der Waals surface area contributed by atoms with Crippen LogP contribution in [-0.4, -0.2) is 20.5 Å². The number of nitrogens with one attached hydrogen (secondary N) is 1. The Morgan fingerprint density at radius 1 is 1.27 bits per heavy atom. The Kier molecular flexibility index (Phi) is 3.81. The maximum Gasteiger partial charge on any atom is 0.268 e. The van der Waals surface area contributed by atoms with Crippen molar-refractivity contribution in [1.29, 1.82) is 0 Å². The highest BCUT2D eigenvalue weighted by atomic mass is 32.1. The van der Waals surface area contributed by atoms with Crippen molar-refractivity contribution >= 4 is 27.9 Å². The van der Waals surface area contributed by atoms with Gasteiger partial charge in [-0.2, -0.15) is 0 Å². The second kappa shape index (κ2) is 5.76. The Balaban J connectivity index is 1.88. The van der Waals surface area contributed by atoms with Crippen molar-refractivity contribution in [3.63, 3.8) is 0 Å². The van der Waals surface area contributed by atoms with Gasteiger partial charge in [-0.1, -0.05) is 31.3 Å². The van der Waals surface area contributed by atoms with E-state index >= 15 is 0 Å². The Hall–Kier alpha value is -2.41. The lowest BCUT2D eigenvalue weighted by Crippen LogP contribution is -2.32. The van der Waals surface area contributed by atoms with Crippen molar-refractivity contribution in [3.8, 4) is 0 Å². The van der Waals surface area contributed by atoms with E-state index in [-0.39, 0.29) is 17.9 Å². The fourth-order valence-electron chi connectivity index (χ4n) is 2.34. The highest BCUT2D eigenvalue weighted by Crippen LogP contribution is 2.26. The number of nitrogens with zero attached hydrogens (tertiary/aromatic N) is 3. The maximum atomic E-state index is 12.6. The standard InChI is InChI=1S/C15H17N5OS/c1-9(2)12(14-18-19-15(16)22-14)17-13(21)11-7-6-10-5-3-4-8-20(10)11/h3-9,12H,1-2H3,(H2,16,19)(H,17,21). The van der Waals surface area contributed by atoms with Crippen LogP contribution >= 0.6 is 11.3 Å². The summed E-state index contributed by atoms with van der Waals surface area (Å²) in [5.74, 6) is 0.0428. The summed E-state index contributed by atoms with van der Waals surface area (Å²) < 4.78 is 1.86.